The van der Waals surface area contributed by atoms with E-state index < -0.39 is 24.3 Å². The Morgan fingerprint density at radius 1 is 0.705 bits per heavy atom. The van der Waals surface area contributed by atoms with E-state index in [9.17, 15) is 19.2 Å². The SMILES string of the molecule is COC[C@H]1C[C@@H](c2nc3c(ccc4cc(-c5ccc6c(ccc7[nH]c([C@@H]8CCCN8C(=O)C(NC(=O)OC)C(C)C)nc76)c5)ccc43)[nH]2)N(C(=O)[C@@H](NC(=O)OC)C(C)C)C1. The number of aromatic amines is 2. The van der Waals surface area contributed by atoms with Crippen LogP contribution < -0.4 is 10.6 Å². The van der Waals surface area contributed by atoms with Crippen LogP contribution in [0.5, 0.6) is 0 Å². The number of amides is 4. The predicted molar refractivity (Wildman–Crippen MR) is 233 cm³/mol. The summed E-state index contributed by atoms with van der Waals surface area (Å²) in [5.41, 5.74) is 5.56. The van der Waals surface area contributed by atoms with E-state index in [1.807, 2.05) is 49.6 Å². The van der Waals surface area contributed by atoms with Gasteiger partial charge in [-0.15, -0.1) is 0 Å². The van der Waals surface area contributed by atoms with Crippen molar-refractivity contribution < 1.29 is 33.4 Å². The molecule has 2 saturated heterocycles. The van der Waals surface area contributed by atoms with E-state index in [0.29, 0.717) is 31.9 Å². The smallest absolute Gasteiger partial charge is 0.407 e. The summed E-state index contributed by atoms with van der Waals surface area (Å²) in [6.07, 6.45) is 1.01. The number of alkyl carbamates (subject to hydrolysis) is 2. The normalized spacial score (nSPS) is 19.1. The summed E-state index contributed by atoms with van der Waals surface area (Å²) < 4.78 is 15.1. The minimum Gasteiger partial charge on any atom is -0.453 e. The summed E-state index contributed by atoms with van der Waals surface area (Å²) >= 11 is 0. The van der Waals surface area contributed by atoms with Gasteiger partial charge in [-0.2, -0.15) is 0 Å². The van der Waals surface area contributed by atoms with Crippen LogP contribution >= 0.6 is 0 Å². The first-order valence-corrected chi connectivity index (χ1v) is 21.0. The van der Waals surface area contributed by atoms with Crippen molar-refractivity contribution in [2.45, 2.75) is 71.1 Å². The Hall–Kier alpha value is -6.22. The number of aromatic nitrogens is 4. The number of carbonyl (C=O) groups excluding carboxylic acids is 4. The molecular formula is C46H54N8O7. The lowest BCUT2D eigenvalue weighted by Crippen LogP contribution is -2.51. The van der Waals surface area contributed by atoms with Crippen LogP contribution in [-0.2, 0) is 23.8 Å². The second-order valence-corrected chi connectivity index (χ2v) is 17.0. The first-order valence-electron chi connectivity index (χ1n) is 21.0. The Morgan fingerprint density at radius 2 is 1.21 bits per heavy atom. The van der Waals surface area contributed by atoms with E-state index in [0.717, 1.165) is 73.4 Å². The van der Waals surface area contributed by atoms with Gasteiger partial charge in [0.1, 0.15) is 23.7 Å². The van der Waals surface area contributed by atoms with Crippen molar-refractivity contribution in [3.8, 4) is 11.1 Å². The summed E-state index contributed by atoms with van der Waals surface area (Å²) in [6, 6.07) is 19.0. The van der Waals surface area contributed by atoms with Gasteiger partial charge in [-0.3, -0.25) is 9.59 Å². The number of hydrogen-bond acceptors (Lipinski definition) is 9. The Balaban J connectivity index is 1.06. The number of H-pyrrole nitrogens is 2. The fourth-order valence-corrected chi connectivity index (χ4v) is 9.17. The molecule has 2 aliphatic rings. The van der Waals surface area contributed by atoms with Crippen molar-refractivity contribution in [2.24, 2.45) is 17.8 Å². The molecule has 61 heavy (non-hydrogen) atoms. The van der Waals surface area contributed by atoms with Gasteiger partial charge in [-0.1, -0.05) is 64.1 Å². The first-order chi connectivity index (χ1) is 29.4. The standard InChI is InChI=1S/C46H54N8O7/c1-24(2)37(51-45(57)60-6)43(55)53-18-8-9-35(53)41-47-33-16-12-29-20-27(10-14-31(29)39(33)49-41)28-11-15-32-30(21-28)13-17-34-40(32)50-42(48-34)36-19-26(23-59-5)22-54(36)44(56)38(25(3)4)52-46(58)61-7/h10-17,20-21,24-26,35-38H,8-9,18-19,22-23H2,1-7H3,(H,47,49)(H,48,50)(H,51,57)(H,52,58)/t26-,35-,36-,37?,38-/m0/s1. The number of fused-ring (bicyclic) bond motifs is 6. The monoisotopic (exact) mass is 830 g/mol. The third-order valence-electron chi connectivity index (χ3n) is 12.3. The van der Waals surface area contributed by atoms with E-state index in [1.54, 1.807) is 7.11 Å². The fourth-order valence-electron chi connectivity index (χ4n) is 9.17. The molecule has 8 rings (SSSR count). The van der Waals surface area contributed by atoms with Crippen molar-refractivity contribution in [3.05, 3.63) is 72.3 Å². The maximum atomic E-state index is 14.0. The highest BCUT2D eigenvalue weighted by Crippen LogP contribution is 2.39. The van der Waals surface area contributed by atoms with E-state index in [1.165, 1.54) is 14.2 Å². The van der Waals surface area contributed by atoms with Crippen molar-refractivity contribution in [3.63, 3.8) is 0 Å². The number of hydrogen-bond donors (Lipinski definition) is 4. The van der Waals surface area contributed by atoms with Crippen LogP contribution in [0.25, 0.3) is 54.7 Å². The molecule has 15 heteroatoms. The van der Waals surface area contributed by atoms with Crippen molar-refractivity contribution >= 4 is 67.6 Å². The highest BCUT2D eigenvalue weighted by Gasteiger charge is 2.42. The maximum absolute atomic E-state index is 14.0. The van der Waals surface area contributed by atoms with Crippen molar-refractivity contribution in [2.75, 3.05) is 41.0 Å². The molecule has 0 bridgehead atoms. The summed E-state index contributed by atoms with van der Waals surface area (Å²) in [7, 11) is 4.25. The molecule has 0 aliphatic carbocycles. The molecule has 1 unspecified atom stereocenters. The van der Waals surface area contributed by atoms with Crippen LogP contribution in [-0.4, -0.2) is 107 Å². The number of nitrogens with zero attached hydrogens (tertiary/aromatic N) is 4. The molecule has 4 amide bonds. The molecular weight excluding hydrogens is 777 g/mol. The van der Waals surface area contributed by atoms with Gasteiger partial charge in [0.15, 0.2) is 0 Å². The van der Waals surface area contributed by atoms with Gasteiger partial charge in [0.2, 0.25) is 11.8 Å². The molecule has 4 heterocycles. The average Bonchev–Trinajstić information content (AvgIpc) is 4.09. The third kappa shape index (κ3) is 7.94. The lowest BCUT2D eigenvalue weighted by atomic mass is 9.98. The topological polar surface area (TPSA) is 184 Å². The number of ether oxygens (including phenoxy) is 3. The van der Waals surface area contributed by atoms with E-state index >= 15 is 0 Å². The molecule has 2 aliphatic heterocycles. The molecule has 0 radical (unpaired) electrons. The minimum absolute atomic E-state index is 0.111. The Morgan fingerprint density at radius 3 is 1.70 bits per heavy atom. The number of carbonyl (C=O) groups is 4. The highest BCUT2D eigenvalue weighted by atomic mass is 16.5. The average molecular weight is 831 g/mol. The number of likely N-dealkylation sites (tertiary alicyclic amines) is 2. The Kier molecular flexibility index (Phi) is 11.6. The molecule has 2 fully saturated rings. The zero-order chi connectivity index (χ0) is 43.1. The minimum atomic E-state index is -0.750. The Bertz CT molecular complexity index is 2630. The zero-order valence-corrected chi connectivity index (χ0v) is 35.7. The van der Waals surface area contributed by atoms with Crippen LogP contribution in [0, 0.1) is 17.8 Å². The van der Waals surface area contributed by atoms with E-state index in [4.69, 9.17) is 24.2 Å². The van der Waals surface area contributed by atoms with Gasteiger partial charge in [0.05, 0.1) is 55.0 Å². The maximum Gasteiger partial charge on any atom is 0.407 e. The summed E-state index contributed by atoms with van der Waals surface area (Å²) in [5, 5.41) is 9.53. The van der Waals surface area contributed by atoms with Gasteiger partial charge in [-0.25, -0.2) is 19.6 Å². The van der Waals surface area contributed by atoms with Gasteiger partial charge in [-0.05, 0) is 77.3 Å². The second-order valence-electron chi connectivity index (χ2n) is 17.0. The molecule has 4 N–H and O–H groups in total. The molecule has 5 atom stereocenters. The summed E-state index contributed by atoms with van der Waals surface area (Å²) in [6.45, 7) is 9.19. The molecule has 2 aromatic heterocycles. The van der Waals surface area contributed by atoms with E-state index in [-0.39, 0.29) is 41.7 Å². The van der Waals surface area contributed by atoms with Gasteiger partial charge < -0.3 is 44.6 Å². The van der Waals surface area contributed by atoms with Crippen LogP contribution in [0.15, 0.2) is 60.7 Å². The van der Waals surface area contributed by atoms with Crippen molar-refractivity contribution in [1.82, 2.24) is 40.4 Å². The molecule has 320 valence electrons. The third-order valence-corrected chi connectivity index (χ3v) is 12.3. The lowest BCUT2D eigenvalue weighted by Gasteiger charge is -2.30. The first kappa shape index (κ1) is 41.5. The Labute approximate surface area is 353 Å². The van der Waals surface area contributed by atoms with Crippen LogP contribution in [0.2, 0.25) is 0 Å². The van der Waals surface area contributed by atoms with Gasteiger partial charge in [0.25, 0.3) is 0 Å². The van der Waals surface area contributed by atoms with Crippen molar-refractivity contribution in [1.29, 1.82) is 0 Å². The number of imidazole rings is 2. The van der Waals surface area contributed by atoms with E-state index in [2.05, 4.69) is 69.1 Å². The number of nitrogens with one attached hydrogen (secondary N) is 4. The zero-order valence-electron chi connectivity index (χ0n) is 35.7. The van der Waals surface area contributed by atoms with Crippen LogP contribution in [0.3, 0.4) is 0 Å². The highest BCUT2D eigenvalue weighted by molar-refractivity contribution is 6.07. The lowest BCUT2D eigenvalue weighted by molar-refractivity contribution is -0.136. The second kappa shape index (κ2) is 17.0. The molecule has 15 nitrogen and oxygen atoms in total. The summed E-state index contributed by atoms with van der Waals surface area (Å²) in [5.74, 6) is 0.950. The van der Waals surface area contributed by atoms with Gasteiger partial charge in [0, 0.05) is 36.9 Å². The molecule has 0 spiro atoms. The van der Waals surface area contributed by atoms with Crippen LogP contribution in [0.1, 0.15) is 70.7 Å². The van der Waals surface area contributed by atoms with Crippen LogP contribution in [0.4, 0.5) is 9.59 Å². The van der Waals surface area contributed by atoms with Gasteiger partial charge >= 0.3 is 12.2 Å². The molecule has 6 aromatic rings. The number of methoxy groups -OCH3 is 3. The number of benzene rings is 4. The summed E-state index contributed by atoms with van der Waals surface area (Å²) in [4.78, 5) is 72.9. The fraction of sp³-hybridized carbons (Fsp3) is 0.435. The number of rotatable bonds is 11. The molecule has 4 aromatic carbocycles. The molecule has 0 saturated carbocycles. The predicted octanol–water partition coefficient (Wildman–Crippen LogP) is 7.37. The largest absolute Gasteiger partial charge is 0.453 e. The quantitative estimate of drug-likeness (QED) is 0.104.